The first-order valence-electron chi connectivity index (χ1n) is 7.59. The minimum Gasteiger partial charge on any atom is -0.477 e. The first-order valence-corrected chi connectivity index (χ1v) is 7.59. The molecule has 0 aromatic heterocycles. The second-order valence-electron chi connectivity index (χ2n) is 7.37. The van der Waals surface area contributed by atoms with Gasteiger partial charge in [0.1, 0.15) is 5.60 Å². The van der Waals surface area contributed by atoms with Gasteiger partial charge in [-0.1, -0.05) is 0 Å². The van der Waals surface area contributed by atoms with E-state index in [9.17, 15) is 19.8 Å². The third kappa shape index (κ3) is 10.9. The van der Waals surface area contributed by atoms with Gasteiger partial charge in [0.15, 0.2) is 6.04 Å². The number of carboxylic acid groups (broad SMARTS) is 1. The molecule has 8 nitrogen and oxygen atoms in total. The number of likely N-dealkylation sites (N-methyl/N-ethyl adjacent to an activating group) is 1. The number of ether oxygens (including phenoxy) is 2. The van der Waals surface area contributed by atoms with E-state index in [0.717, 1.165) is 0 Å². The largest absolute Gasteiger partial charge is 0.477 e. The van der Waals surface area contributed by atoms with Gasteiger partial charge in [-0.05, 0) is 20.8 Å². The van der Waals surface area contributed by atoms with Crippen molar-refractivity contribution < 1.29 is 33.8 Å². The normalized spacial score (nSPS) is 14.9. The third-order valence-electron chi connectivity index (χ3n) is 2.95. The highest BCUT2D eigenvalue weighted by Gasteiger charge is 2.30. The van der Waals surface area contributed by atoms with E-state index in [1.165, 1.54) is 0 Å². The molecule has 0 saturated heterocycles. The van der Waals surface area contributed by atoms with E-state index in [1.807, 2.05) is 0 Å². The lowest BCUT2D eigenvalue weighted by atomic mass is 10.1. The molecule has 2 atom stereocenters. The van der Waals surface area contributed by atoms with Crippen LogP contribution in [0, 0.1) is 0 Å². The van der Waals surface area contributed by atoms with Crippen molar-refractivity contribution >= 4 is 12.1 Å². The molecule has 0 heterocycles. The molecule has 0 aliphatic rings. The summed E-state index contributed by atoms with van der Waals surface area (Å²) in [5.41, 5.74) is -0.595. The maximum Gasteiger partial charge on any atom is 0.407 e. The van der Waals surface area contributed by atoms with Crippen LogP contribution in [0.4, 0.5) is 4.79 Å². The van der Waals surface area contributed by atoms with Crippen LogP contribution < -0.4 is 5.32 Å². The average Bonchev–Trinajstić information content (AvgIpc) is 2.31. The minimum atomic E-state index is -0.881. The van der Waals surface area contributed by atoms with Gasteiger partial charge in [0.25, 0.3) is 0 Å². The molecule has 1 amide bonds. The van der Waals surface area contributed by atoms with Gasteiger partial charge in [0.05, 0.1) is 40.5 Å². The van der Waals surface area contributed by atoms with Crippen LogP contribution in [0.1, 0.15) is 27.2 Å². The van der Waals surface area contributed by atoms with Crippen molar-refractivity contribution in [2.75, 3.05) is 40.9 Å². The second kappa shape index (κ2) is 9.05. The number of hydrogen-bond acceptors (Lipinski definition) is 5. The number of nitrogens with zero attached hydrogens (tertiary/aromatic N) is 1. The number of rotatable bonds is 9. The zero-order valence-corrected chi connectivity index (χ0v) is 15.0. The van der Waals surface area contributed by atoms with Crippen molar-refractivity contribution in [3.05, 3.63) is 0 Å². The number of alkyl carbamates (subject to hydrolysis) is 1. The number of aliphatic carboxylic acids is 1. The minimum absolute atomic E-state index is 0.00655. The van der Waals surface area contributed by atoms with Crippen LogP contribution in [-0.4, -0.2) is 85.4 Å². The van der Waals surface area contributed by atoms with E-state index in [4.69, 9.17) is 9.47 Å². The number of amides is 1. The summed E-state index contributed by atoms with van der Waals surface area (Å²) < 4.78 is 10.6. The highest BCUT2D eigenvalue weighted by Crippen LogP contribution is 2.08. The van der Waals surface area contributed by atoms with Crippen LogP contribution in [0.2, 0.25) is 0 Å². The maximum atomic E-state index is 11.4. The Hall–Kier alpha value is -1.38. The zero-order chi connectivity index (χ0) is 18.3. The van der Waals surface area contributed by atoms with Gasteiger partial charge in [-0.2, -0.15) is 0 Å². The number of aliphatic hydroxyl groups is 1. The number of hydrogen-bond donors (Lipinski definition) is 3. The maximum absolute atomic E-state index is 11.4. The molecule has 0 spiro atoms. The molecule has 0 radical (unpaired) electrons. The molecule has 2 unspecified atom stereocenters. The fraction of sp³-hybridized carbons (Fsp3) is 0.867. The molecule has 0 saturated carbocycles. The zero-order valence-electron chi connectivity index (χ0n) is 15.0. The topological polar surface area (TPSA) is 105 Å². The summed E-state index contributed by atoms with van der Waals surface area (Å²) >= 11 is 0. The van der Waals surface area contributed by atoms with E-state index in [0.29, 0.717) is 10.9 Å². The fourth-order valence-electron chi connectivity index (χ4n) is 1.83. The molecule has 23 heavy (non-hydrogen) atoms. The first kappa shape index (κ1) is 21.6. The molecular weight excluding hydrogens is 304 g/mol. The van der Waals surface area contributed by atoms with Crippen LogP contribution in [0.25, 0.3) is 0 Å². The molecule has 0 aromatic carbocycles. The fourth-order valence-corrected chi connectivity index (χ4v) is 1.83. The summed E-state index contributed by atoms with van der Waals surface area (Å²) in [6, 6.07) is -0.577. The molecule has 0 aromatic rings. The Morgan fingerprint density at radius 1 is 1.22 bits per heavy atom. The van der Waals surface area contributed by atoms with Crippen molar-refractivity contribution in [3.8, 4) is 0 Å². The van der Waals surface area contributed by atoms with Crippen LogP contribution in [0.3, 0.4) is 0 Å². The van der Waals surface area contributed by atoms with Gasteiger partial charge in [0.2, 0.25) is 0 Å². The number of carbonyl (C=O) groups is 2. The monoisotopic (exact) mass is 335 g/mol. The van der Waals surface area contributed by atoms with Gasteiger partial charge in [-0.25, -0.2) is 9.59 Å². The Morgan fingerprint density at radius 3 is 2.22 bits per heavy atom. The number of carboxylic acids is 1. The average molecular weight is 335 g/mol. The van der Waals surface area contributed by atoms with Gasteiger partial charge in [-0.15, -0.1) is 0 Å². The Kier molecular flexibility index (Phi) is 8.50. The first-order chi connectivity index (χ1) is 10.3. The van der Waals surface area contributed by atoms with Crippen LogP contribution in [0.15, 0.2) is 0 Å². The lowest BCUT2D eigenvalue weighted by Crippen LogP contribution is -2.50. The van der Waals surface area contributed by atoms with Crippen molar-refractivity contribution in [3.63, 3.8) is 0 Å². The smallest absolute Gasteiger partial charge is 0.407 e. The van der Waals surface area contributed by atoms with E-state index >= 15 is 0 Å². The van der Waals surface area contributed by atoms with E-state index in [-0.39, 0.29) is 19.8 Å². The lowest BCUT2D eigenvalue weighted by molar-refractivity contribution is -0.887. The number of aliphatic hydroxyl groups excluding tert-OH is 1. The van der Waals surface area contributed by atoms with E-state index in [1.54, 1.807) is 41.9 Å². The molecule has 0 aliphatic carbocycles. The standard InChI is InChI=1S/C15H30N2O6/c1-15(2,3)23-14(21)16-9-11(18)10-22-8-7-12(13(19)20)17(4,5)6/h11-12,18H,7-10H2,1-6H3,(H-,16,19,20,21)/p+1. The molecule has 0 aliphatic heterocycles. The highest BCUT2D eigenvalue weighted by molar-refractivity contribution is 5.72. The lowest BCUT2D eigenvalue weighted by Gasteiger charge is -2.31. The van der Waals surface area contributed by atoms with Crippen LogP contribution in [-0.2, 0) is 14.3 Å². The summed E-state index contributed by atoms with van der Waals surface area (Å²) in [7, 11) is 5.41. The predicted octanol–water partition coefficient (Wildman–Crippen LogP) is 0.438. The predicted molar refractivity (Wildman–Crippen MR) is 85.1 cm³/mol. The Morgan fingerprint density at radius 2 is 1.78 bits per heavy atom. The summed E-state index contributed by atoms with van der Waals surface area (Å²) in [4.78, 5) is 22.6. The molecule has 3 N–H and O–H groups in total. The van der Waals surface area contributed by atoms with Gasteiger partial charge >= 0.3 is 12.1 Å². The summed E-state index contributed by atoms with van der Waals surface area (Å²) in [5, 5.41) is 21.3. The molecule has 0 bridgehead atoms. The number of quaternary nitrogens is 1. The van der Waals surface area contributed by atoms with Gasteiger partial charge in [-0.3, -0.25) is 0 Å². The molecule has 0 rings (SSSR count). The summed E-state index contributed by atoms with van der Waals surface area (Å²) in [6.45, 7) is 5.48. The Labute approximate surface area is 138 Å². The molecule has 136 valence electrons. The second-order valence-corrected chi connectivity index (χ2v) is 7.37. The van der Waals surface area contributed by atoms with Gasteiger partial charge in [0, 0.05) is 13.0 Å². The third-order valence-corrected chi connectivity index (χ3v) is 2.95. The SMILES string of the molecule is CC(C)(C)OC(=O)NCC(O)COCCC(C(=O)O)[N+](C)(C)C. The van der Waals surface area contributed by atoms with Crippen LogP contribution in [0.5, 0.6) is 0 Å². The summed E-state index contributed by atoms with van der Waals surface area (Å²) in [5.74, 6) is -0.881. The Bertz CT molecular complexity index is 386. The number of nitrogens with one attached hydrogen (secondary N) is 1. The number of carbonyl (C=O) groups excluding carboxylic acids is 1. The summed E-state index contributed by atoms with van der Waals surface area (Å²) in [6.07, 6.45) is -1.15. The van der Waals surface area contributed by atoms with Crippen molar-refractivity contribution in [1.82, 2.24) is 5.32 Å². The van der Waals surface area contributed by atoms with Crippen LogP contribution >= 0.6 is 0 Å². The molecule has 8 heteroatoms. The van der Waals surface area contributed by atoms with E-state index < -0.39 is 29.8 Å². The Balaban J connectivity index is 3.97. The van der Waals surface area contributed by atoms with E-state index in [2.05, 4.69) is 5.32 Å². The van der Waals surface area contributed by atoms with Gasteiger partial charge < -0.3 is 29.5 Å². The van der Waals surface area contributed by atoms with Crippen molar-refractivity contribution in [2.45, 2.75) is 44.9 Å². The van der Waals surface area contributed by atoms with Crippen molar-refractivity contribution in [1.29, 1.82) is 0 Å². The quantitative estimate of drug-likeness (QED) is 0.417. The molecule has 0 fully saturated rings. The van der Waals surface area contributed by atoms with Crippen molar-refractivity contribution in [2.24, 2.45) is 0 Å². The highest BCUT2D eigenvalue weighted by atomic mass is 16.6. The molecular formula is C15H31N2O6+.